The van der Waals surface area contributed by atoms with Gasteiger partial charge in [0, 0.05) is 5.56 Å². The number of hydrogen-bond acceptors (Lipinski definition) is 6. The summed E-state index contributed by atoms with van der Waals surface area (Å²) in [5, 5.41) is 16.0. The molecule has 0 radical (unpaired) electrons. The van der Waals surface area contributed by atoms with Crippen molar-refractivity contribution in [2.75, 3.05) is 11.9 Å². The molecule has 4 aromatic rings. The maximum Gasteiger partial charge on any atom is 0.264 e. The van der Waals surface area contributed by atoms with Crippen LogP contribution in [0.3, 0.4) is 0 Å². The highest BCUT2D eigenvalue weighted by atomic mass is 32.1. The predicted octanol–water partition coefficient (Wildman–Crippen LogP) is 3.80. The van der Waals surface area contributed by atoms with Crippen molar-refractivity contribution >= 4 is 27.3 Å². The van der Waals surface area contributed by atoms with Crippen molar-refractivity contribution < 1.29 is 9.53 Å². The van der Waals surface area contributed by atoms with Crippen molar-refractivity contribution in [3.8, 4) is 17.1 Å². The molecule has 1 N–H and O–H groups in total. The van der Waals surface area contributed by atoms with Gasteiger partial charge in [0.1, 0.15) is 5.75 Å². The predicted molar refractivity (Wildman–Crippen MR) is 109 cm³/mol. The van der Waals surface area contributed by atoms with E-state index in [1.165, 1.54) is 22.5 Å². The molecule has 0 fully saturated rings. The van der Waals surface area contributed by atoms with Gasteiger partial charge in [-0.1, -0.05) is 47.2 Å². The maximum atomic E-state index is 12.2. The van der Waals surface area contributed by atoms with Gasteiger partial charge in [-0.3, -0.25) is 10.1 Å². The molecule has 0 saturated heterocycles. The van der Waals surface area contributed by atoms with Crippen molar-refractivity contribution in [1.82, 2.24) is 19.8 Å². The zero-order chi connectivity index (χ0) is 19.7. The molecule has 7 nitrogen and oxygen atoms in total. The summed E-state index contributed by atoms with van der Waals surface area (Å²) in [6.07, 6.45) is 0. The quantitative estimate of drug-likeness (QED) is 0.558. The number of carbonyl (C=O) groups excluding carboxylic acids is 1. The molecule has 8 heteroatoms. The monoisotopic (exact) mass is 393 g/mol. The summed E-state index contributed by atoms with van der Waals surface area (Å²) in [5.74, 6) is 1.02. The minimum Gasteiger partial charge on any atom is -0.484 e. The Bertz CT molecular complexity index is 1150. The number of carbonyl (C=O) groups is 1. The van der Waals surface area contributed by atoms with Crippen LogP contribution in [-0.4, -0.2) is 32.3 Å². The van der Waals surface area contributed by atoms with Crippen LogP contribution >= 0.6 is 11.3 Å². The number of aromatic nitrogens is 4. The van der Waals surface area contributed by atoms with Crippen LogP contribution in [0.1, 0.15) is 16.7 Å². The van der Waals surface area contributed by atoms with E-state index in [1.54, 1.807) is 4.52 Å². The van der Waals surface area contributed by atoms with E-state index in [9.17, 15) is 4.79 Å². The van der Waals surface area contributed by atoms with E-state index in [0.717, 1.165) is 11.1 Å². The van der Waals surface area contributed by atoms with E-state index in [-0.39, 0.29) is 12.5 Å². The molecule has 0 bridgehead atoms. The molecule has 0 aliphatic rings. The van der Waals surface area contributed by atoms with Gasteiger partial charge >= 0.3 is 0 Å². The molecule has 0 unspecified atom stereocenters. The molecule has 1 amide bonds. The molecule has 28 heavy (non-hydrogen) atoms. The topological polar surface area (TPSA) is 81.4 Å². The summed E-state index contributed by atoms with van der Waals surface area (Å²) < 4.78 is 7.20. The Hall–Kier alpha value is -3.26. The standard InChI is InChI=1S/C20H19N5O2S/c1-12-4-7-15(8-5-12)18-22-23-20-25(18)24-19(28-20)21-17(26)11-27-16-9-6-13(2)14(3)10-16/h4-10H,11H2,1-3H3,(H,21,24,26). The van der Waals surface area contributed by atoms with Crippen molar-refractivity contribution in [2.45, 2.75) is 20.8 Å². The second kappa shape index (κ2) is 7.40. The van der Waals surface area contributed by atoms with E-state index < -0.39 is 0 Å². The third kappa shape index (κ3) is 3.72. The normalized spacial score (nSPS) is 11.0. The Morgan fingerprint density at radius 2 is 1.86 bits per heavy atom. The van der Waals surface area contributed by atoms with Crippen LogP contribution in [0.5, 0.6) is 5.75 Å². The summed E-state index contributed by atoms with van der Waals surface area (Å²) in [6.45, 7) is 5.98. The minimum atomic E-state index is -0.278. The molecule has 0 saturated carbocycles. The first-order valence-corrected chi connectivity index (χ1v) is 9.60. The van der Waals surface area contributed by atoms with Crippen LogP contribution in [0.25, 0.3) is 16.3 Å². The molecular weight excluding hydrogens is 374 g/mol. The molecule has 0 aliphatic heterocycles. The summed E-state index contributed by atoms with van der Waals surface area (Å²) >= 11 is 1.26. The lowest BCUT2D eigenvalue weighted by atomic mass is 10.1. The van der Waals surface area contributed by atoms with E-state index in [4.69, 9.17) is 4.74 Å². The SMILES string of the molecule is Cc1ccc(-c2nnc3sc(NC(=O)COc4ccc(C)c(C)c4)nn23)cc1. The number of ether oxygens (including phenoxy) is 1. The Morgan fingerprint density at radius 3 is 2.61 bits per heavy atom. The Morgan fingerprint density at radius 1 is 1.07 bits per heavy atom. The number of rotatable bonds is 5. The number of anilines is 1. The number of hydrogen-bond donors (Lipinski definition) is 1. The average Bonchev–Trinajstić information content (AvgIpc) is 3.23. The van der Waals surface area contributed by atoms with Gasteiger partial charge in [0.15, 0.2) is 12.4 Å². The lowest BCUT2D eigenvalue weighted by Crippen LogP contribution is -2.20. The Balaban J connectivity index is 1.45. The molecule has 0 atom stereocenters. The summed E-state index contributed by atoms with van der Waals surface area (Å²) in [7, 11) is 0. The van der Waals surface area contributed by atoms with Crippen molar-refractivity contribution in [3.05, 3.63) is 59.2 Å². The van der Waals surface area contributed by atoms with Gasteiger partial charge < -0.3 is 4.74 Å². The molecule has 2 aromatic carbocycles. The lowest BCUT2D eigenvalue weighted by Gasteiger charge is -2.07. The van der Waals surface area contributed by atoms with Crippen molar-refractivity contribution in [1.29, 1.82) is 0 Å². The Kier molecular flexibility index (Phi) is 4.79. The van der Waals surface area contributed by atoms with E-state index in [0.29, 0.717) is 21.7 Å². The molecule has 4 rings (SSSR count). The first kappa shape index (κ1) is 18.1. The van der Waals surface area contributed by atoms with Gasteiger partial charge in [-0.25, -0.2) is 0 Å². The first-order chi connectivity index (χ1) is 13.5. The second-order valence-electron chi connectivity index (χ2n) is 6.57. The van der Waals surface area contributed by atoms with Gasteiger partial charge in [0.05, 0.1) is 0 Å². The number of benzene rings is 2. The van der Waals surface area contributed by atoms with Gasteiger partial charge in [-0.05, 0) is 44.0 Å². The third-order valence-electron chi connectivity index (χ3n) is 4.40. The highest BCUT2D eigenvalue weighted by Gasteiger charge is 2.15. The fourth-order valence-corrected chi connectivity index (χ4v) is 3.41. The highest BCUT2D eigenvalue weighted by molar-refractivity contribution is 7.20. The smallest absolute Gasteiger partial charge is 0.264 e. The van der Waals surface area contributed by atoms with Crippen molar-refractivity contribution in [2.24, 2.45) is 0 Å². The second-order valence-corrected chi connectivity index (χ2v) is 7.53. The summed E-state index contributed by atoms with van der Waals surface area (Å²) in [6, 6.07) is 13.7. The van der Waals surface area contributed by atoms with Crippen LogP contribution in [-0.2, 0) is 4.79 Å². The zero-order valence-electron chi connectivity index (χ0n) is 15.8. The minimum absolute atomic E-state index is 0.0898. The van der Waals surface area contributed by atoms with E-state index in [2.05, 4.69) is 20.6 Å². The van der Waals surface area contributed by atoms with E-state index in [1.807, 2.05) is 63.2 Å². The highest BCUT2D eigenvalue weighted by Crippen LogP contribution is 2.24. The number of amides is 1. The van der Waals surface area contributed by atoms with Crippen molar-refractivity contribution in [3.63, 3.8) is 0 Å². The Labute approximate surface area is 166 Å². The third-order valence-corrected chi connectivity index (χ3v) is 5.21. The number of aryl methyl sites for hydroxylation is 3. The van der Waals surface area contributed by atoms with Gasteiger partial charge in [0.25, 0.3) is 5.91 Å². The summed E-state index contributed by atoms with van der Waals surface area (Å²) in [5.41, 5.74) is 4.38. The van der Waals surface area contributed by atoms with Crippen LogP contribution in [0.2, 0.25) is 0 Å². The van der Waals surface area contributed by atoms with Crippen LogP contribution in [0.15, 0.2) is 42.5 Å². The fraction of sp³-hybridized carbons (Fsp3) is 0.200. The fourth-order valence-electron chi connectivity index (χ4n) is 2.66. The van der Waals surface area contributed by atoms with Gasteiger partial charge in [0.2, 0.25) is 10.1 Å². The van der Waals surface area contributed by atoms with E-state index >= 15 is 0 Å². The lowest BCUT2D eigenvalue weighted by molar-refractivity contribution is -0.118. The molecular formula is C20H19N5O2S. The van der Waals surface area contributed by atoms with Crippen LogP contribution in [0.4, 0.5) is 5.13 Å². The molecule has 142 valence electrons. The molecule has 2 aromatic heterocycles. The first-order valence-electron chi connectivity index (χ1n) is 8.79. The van der Waals surface area contributed by atoms with Gasteiger partial charge in [-0.2, -0.15) is 4.52 Å². The maximum absolute atomic E-state index is 12.2. The van der Waals surface area contributed by atoms with Crippen LogP contribution in [0, 0.1) is 20.8 Å². The average molecular weight is 393 g/mol. The zero-order valence-corrected chi connectivity index (χ0v) is 16.6. The van der Waals surface area contributed by atoms with Gasteiger partial charge in [-0.15, -0.1) is 15.3 Å². The summed E-state index contributed by atoms with van der Waals surface area (Å²) in [4.78, 5) is 12.8. The molecule has 0 spiro atoms. The number of nitrogens with one attached hydrogen (secondary N) is 1. The number of fused-ring (bicyclic) bond motifs is 1. The largest absolute Gasteiger partial charge is 0.484 e. The molecule has 0 aliphatic carbocycles. The number of nitrogens with zero attached hydrogens (tertiary/aromatic N) is 4. The van der Waals surface area contributed by atoms with Crippen LogP contribution < -0.4 is 10.1 Å². The molecule has 2 heterocycles.